The fourth-order valence-corrected chi connectivity index (χ4v) is 2.03. The first-order valence-corrected chi connectivity index (χ1v) is 7.06. The van der Waals surface area contributed by atoms with Gasteiger partial charge in [-0.25, -0.2) is 4.98 Å². The maximum atomic E-state index is 10.0. The van der Waals surface area contributed by atoms with Crippen molar-refractivity contribution in [1.82, 2.24) is 4.98 Å². The van der Waals surface area contributed by atoms with E-state index < -0.39 is 6.10 Å². The van der Waals surface area contributed by atoms with Gasteiger partial charge in [0.2, 0.25) is 0 Å². The monoisotopic (exact) mass is 297 g/mol. The number of nitriles is 1. The van der Waals surface area contributed by atoms with E-state index in [0.717, 1.165) is 5.56 Å². The lowest BCUT2D eigenvalue weighted by Gasteiger charge is -2.21. The summed E-state index contributed by atoms with van der Waals surface area (Å²) in [5, 5.41) is 18.8. The molecule has 5 heteroatoms. The van der Waals surface area contributed by atoms with Gasteiger partial charge in [-0.05, 0) is 17.7 Å². The maximum absolute atomic E-state index is 10.0. The summed E-state index contributed by atoms with van der Waals surface area (Å²) in [6.07, 6.45) is 0.913. The number of pyridine rings is 1. The van der Waals surface area contributed by atoms with Crippen LogP contribution in [0.15, 0.2) is 48.7 Å². The SMILES string of the molecule is CN(C[C@@H](O)COCc1ccccc1)c1ccc(C#N)cn1. The number of hydrogen-bond acceptors (Lipinski definition) is 5. The van der Waals surface area contributed by atoms with Crippen LogP contribution >= 0.6 is 0 Å². The number of ether oxygens (including phenoxy) is 1. The molecule has 2 aromatic rings. The van der Waals surface area contributed by atoms with E-state index >= 15 is 0 Å². The summed E-state index contributed by atoms with van der Waals surface area (Å²) < 4.78 is 5.51. The Morgan fingerprint density at radius 1 is 1.27 bits per heavy atom. The number of likely N-dealkylation sites (N-methyl/N-ethyl adjacent to an activating group) is 1. The van der Waals surface area contributed by atoms with Crippen molar-refractivity contribution in [3.05, 3.63) is 59.8 Å². The lowest BCUT2D eigenvalue weighted by molar-refractivity contribution is 0.0324. The second-order valence-electron chi connectivity index (χ2n) is 5.05. The Morgan fingerprint density at radius 2 is 2.05 bits per heavy atom. The molecule has 114 valence electrons. The van der Waals surface area contributed by atoms with Crippen molar-refractivity contribution in [2.24, 2.45) is 0 Å². The van der Waals surface area contributed by atoms with E-state index in [1.807, 2.05) is 48.3 Å². The van der Waals surface area contributed by atoms with Gasteiger partial charge < -0.3 is 14.7 Å². The Hall–Kier alpha value is -2.42. The predicted octanol–water partition coefficient (Wildman–Crippen LogP) is 1.97. The van der Waals surface area contributed by atoms with Crippen molar-refractivity contribution in [1.29, 1.82) is 5.26 Å². The van der Waals surface area contributed by atoms with Gasteiger partial charge in [-0.1, -0.05) is 30.3 Å². The Bertz CT molecular complexity index is 608. The Balaban J connectivity index is 1.76. The van der Waals surface area contributed by atoms with Crippen molar-refractivity contribution in [3.8, 4) is 6.07 Å². The van der Waals surface area contributed by atoms with Crippen molar-refractivity contribution < 1.29 is 9.84 Å². The summed E-state index contributed by atoms with van der Waals surface area (Å²) in [5.74, 6) is 0.709. The summed E-state index contributed by atoms with van der Waals surface area (Å²) in [4.78, 5) is 6.01. The lowest BCUT2D eigenvalue weighted by Crippen LogP contribution is -2.32. The van der Waals surface area contributed by atoms with E-state index in [0.29, 0.717) is 24.5 Å². The minimum absolute atomic E-state index is 0.259. The normalized spacial score (nSPS) is 11.7. The number of aliphatic hydroxyl groups is 1. The third-order valence-electron chi connectivity index (χ3n) is 3.17. The average molecular weight is 297 g/mol. The molecule has 1 atom stereocenters. The number of rotatable bonds is 7. The molecule has 1 aromatic heterocycles. The molecule has 1 N–H and O–H groups in total. The van der Waals surface area contributed by atoms with Crippen LogP contribution < -0.4 is 4.90 Å². The fraction of sp³-hybridized carbons (Fsp3) is 0.294. The van der Waals surface area contributed by atoms with Crippen LogP contribution in [0.25, 0.3) is 0 Å². The molecule has 1 heterocycles. The lowest BCUT2D eigenvalue weighted by atomic mass is 10.2. The van der Waals surface area contributed by atoms with Crippen LogP contribution in [0.5, 0.6) is 0 Å². The standard InChI is InChI=1S/C17H19N3O2/c1-20(17-8-7-15(9-18)10-19-17)11-16(21)13-22-12-14-5-3-2-4-6-14/h2-8,10,16,21H,11-13H2,1H3/t16-/m1/s1. The van der Waals surface area contributed by atoms with E-state index in [-0.39, 0.29) is 6.61 Å². The molecule has 0 aliphatic rings. The minimum atomic E-state index is -0.605. The molecule has 0 radical (unpaired) electrons. The highest BCUT2D eigenvalue weighted by atomic mass is 16.5. The van der Waals surface area contributed by atoms with Gasteiger partial charge in [-0.2, -0.15) is 5.26 Å². The Labute approximate surface area is 130 Å². The number of hydrogen-bond donors (Lipinski definition) is 1. The Morgan fingerprint density at radius 3 is 2.68 bits per heavy atom. The largest absolute Gasteiger partial charge is 0.389 e. The highest BCUT2D eigenvalue weighted by molar-refractivity contribution is 5.41. The third kappa shape index (κ3) is 4.85. The molecule has 0 saturated carbocycles. The number of aliphatic hydroxyl groups excluding tert-OH is 1. The number of benzene rings is 1. The minimum Gasteiger partial charge on any atom is -0.389 e. The van der Waals surface area contributed by atoms with E-state index in [4.69, 9.17) is 10.00 Å². The zero-order valence-electron chi connectivity index (χ0n) is 12.5. The van der Waals surface area contributed by atoms with Gasteiger partial charge in [-0.3, -0.25) is 0 Å². The van der Waals surface area contributed by atoms with Crippen LogP contribution in [0.4, 0.5) is 5.82 Å². The third-order valence-corrected chi connectivity index (χ3v) is 3.17. The molecule has 0 amide bonds. The van der Waals surface area contributed by atoms with Crippen LogP contribution in [0, 0.1) is 11.3 Å². The first-order valence-electron chi connectivity index (χ1n) is 7.06. The molecular formula is C17H19N3O2. The predicted molar refractivity (Wildman–Crippen MR) is 84.3 cm³/mol. The topological polar surface area (TPSA) is 69.4 Å². The second-order valence-corrected chi connectivity index (χ2v) is 5.05. The van der Waals surface area contributed by atoms with Crippen molar-refractivity contribution >= 4 is 5.82 Å². The average Bonchev–Trinajstić information content (AvgIpc) is 2.56. The molecule has 0 saturated heterocycles. The molecule has 0 aliphatic carbocycles. The van der Waals surface area contributed by atoms with Crippen LogP contribution in [0.2, 0.25) is 0 Å². The van der Waals surface area contributed by atoms with Crippen LogP contribution in [0.3, 0.4) is 0 Å². The van der Waals surface area contributed by atoms with Crippen LogP contribution in [-0.4, -0.2) is 36.4 Å². The molecular weight excluding hydrogens is 278 g/mol. The van der Waals surface area contributed by atoms with Crippen molar-refractivity contribution in [2.75, 3.05) is 25.1 Å². The zero-order valence-corrected chi connectivity index (χ0v) is 12.5. The quantitative estimate of drug-likeness (QED) is 0.846. The molecule has 0 fully saturated rings. The summed E-state index contributed by atoms with van der Waals surface area (Å²) in [6.45, 7) is 1.15. The molecule has 5 nitrogen and oxygen atoms in total. The smallest absolute Gasteiger partial charge is 0.128 e. The van der Waals surface area contributed by atoms with Crippen LogP contribution in [-0.2, 0) is 11.3 Å². The molecule has 0 unspecified atom stereocenters. The van der Waals surface area contributed by atoms with E-state index in [1.54, 1.807) is 12.1 Å². The highest BCUT2D eigenvalue weighted by Gasteiger charge is 2.10. The van der Waals surface area contributed by atoms with Gasteiger partial charge in [0, 0.05) is 19.8 Å². The number of aromatic nitrogens is 1. The van der Waals surface area contributed by atoms with Gasteiger partial charge in [0.15, 0.2) is 0 Å². The molecule has 22 heavy (non-hydrogen) atoms. The summed E-state index contributed by atoms with van der Waals surface area (Å²) >= 11 is 0. The summed E-state index contributed by atoms with van der Waals surface area (Å²) in [7, 11) is 1.84. The Kier molecular flexibility index (Phi) is 5.90. The van der Waals surface area contributed by atoms with Gasteiger partial charge in [0.25, 0.3) is 0 Å². The summed E-state index contributed by atoms with van der Waals surface area (Å²) in [6, 6.07) is 15.3. The molecule has 2 rings (SSSR count). The van der Waals surface area contributed by atoms with E-state index in [9.17, 15) is 5.11 Å². The van der Waals surface area contributed by atoms with Crippen LogP contribution in [0.1, 0.15) is 11.1 Å². The molecule has 0 bridgehead atoms. The first-order chi connectivity index (χ1) is 10.7. The molecule has 1 aromatic carbocycles. The first kappa shape index (κ1) is 16.0. The van der Waals surface area contributed by atoms with E-state index in [1.165, 1.54) is 6.20 Å². The molecule has 0 aliphatic heterocycles. The summed E-state index contributed by atoms with van der Waals surface area (Å²) in [5.41, 5.74) is 1.60. The van der Waals surface area contributed by atoms with Crippen molar-refractivity contribution in [2.45, 2.75) is 12.7 Å². The van der Waals surface area contributed by atoms with Gasteiger partial charge >= 0.3 is 0 Å². The van der Waals surface area contributed by atoms with Gasteiger partial charge in [0.05, 0.1) is 24.9 Å². The van der Waals surface area contributed by atoms with E-state index in [2.05, 4.69) is 4.98 Å². The van der Waals surface area contributed by atoms with Crippen molar-refractivity contribution in [3.63, 3.8) is 0 Å². The van der Waals surface area contributed by atoms with Gasteiger partial charge in [-0.15, -0.1) is 0 Å². The fourth-order valence-electron chi connectivity index (χ4n) is 2.03. The highest BCUT2D eigenvalue weighted by Crippen LogP contribution is 2.10. The maximum Gasteiger partial charge on any atom is 0.128 e. The number of nitrogens with zero attached hydrogens (tertiary/aromatic N) is 3. The second kappa shape index (κ2) is 8.13. The molecule has 0 spiro atoms. The zero-order chi connectivity index (χ0) is 15.8. The number of anilines is 1. The van der Waals surface area contributed by atoms with Gasteiger partial charge in [0.1, 0.15) is 11.9 Å².